The molecule has 146 valence electrons. The van der Waals surface area contributed by atoms with Crippen molar-refractivity contribution < 1.29 is 9.53 Å². The molecule has 0 N–H and O–H groups in total. The molecular formula is C22H26N4O2. The summed E-state index contributed by atoms with van der Waals surface area (Å²) in [4.78, 5) is 23.8. The Hall–Kier alpha value is -2.89. The van der Waals surface area contributed by atoms with Crippen LogP contribution in [0, 0.1) is 5.92 Å². The standard InChI is InChI=1S/C22H26N4O2/c1-25-20(24-19-7-4-11-23-22(19)25)14-17-10-12-26(15-17)21(27)9-8-16-5-3-6-18(13-16)28-2/h3-7,11,13,17H,8-10,12,14-15H2,1-2H3/t17-/m1/s1. The Labute approximate surface area is 165 Å². The van der Waals surface area contributed by atoms with Gasteiger partial charge in [0.25, 0.3) is 0 Å². The first-order valence-electron chi connectivity index (χ1n) is 9.81. The lowest BCUT2D eigenvalue weighted by Gasteiger charge is -2.16. The number of pyridine rings is 1. The number of amides is 1. The molecule has 3 aromatic rings. The number of ether oxygens (including phenoxy) is 1. The topological polar surface area (TPSA) is 60.2 Å². The SMILES string of the molecule is COc1cccc(CCC(=O)N2CC[C@H](Cc3nc4cccnc4n3C)C2)c1. The quantitative estimate of drug-likeness (QED) is 0.662. The predicted molar refractivity (Wildman–Crippen MR) is 108 cm³/mol. The fraction of sp³-hybridized carbons (Fsp3) is 0.409. The molecular weight excluding hydrogens is 352 g/mol. The van der Waals surface area contributed by atoms with Gasteiger partial charge >= 0.3 is 0 Å². The van der Waals surface area contributed by atoms with Gasteiger partial charge in [0.1, 0.15) is 17.1 Å². The van der Waals surface area contributed by atoms with Crippen molar-refractivity contribution in [2.45, 2.75) is 25.7 Å². The maximum atomic E-state index is 12.6. The number of aromatic nitrogens is 3. The monoisotopic (exact) mass is 378 g/mol. The number of methoxy groups -OCH3 is 1. The number of fused-ring (bicyclic) bond motifs is 1. The summed E-state index contributed by atoms with van der Waals surface area (Å²) >= 11 is 0. The van der Waals surface area contributed by atoms with Crippen molar-refractivity contribution in [2.75, 3.05) is 20.2 Å². The van der Waals surface area contributed by atoms with Crippen LogP contribution < -0.4 is 4.74 Å². The molecule has 4 rings (SSSR count). The molecule has 6 heteroatoms. The Balaban J connectivity index is 1.33. The number of hydrogen-bond acceptors (Lipinski definition) is 4. The first-order chi connectivity index (χ1) is 13.6. The number of likely N-dealkylation sites (tertiary alicyclic amines) is 1. The summed E-state index contributed by atoms with van der Waals surface area (Å²) < 4.78 is 7.33. The number of imidazole rings is 1. The van der Waals surface area contributed by atoms with E-state index in [2.05, 4.69) is 9.55 Å². The van der Waals surface area contributed by atoms with Crippen LogP contribution in [0.3, 0.4) is 0 Å². The van der Waals surface area contributed by atoms with Gasteiger partial charge in [-0.05, 0) is 48.6 Å². The predicted octanol–water partition coefficient (Wildman–Crippen LogP) is 3.00. The van der Waals surface area contributed by atoms with Crippen molar-refractivity contribution in [1.29, 1.82) is 0 Å². The Morgan fingerprint density at radius 1 is 1.29 bits per heavy atom. The molecule has 1 amide bonds. The molecule has 1 saturated heterocycles. The summed E-state index contributed by atoms with van der Waals surface area (Å²) in [5, 5.41) is 0. The van der Waals surface area contributed by atoms with Gasteiger partial charge in [-0.1, -0.05) is 12.1 Å². The van der Waals surface area contributed by atoms with Crippen LogP contribution in [-0.4, -0.2) is 45.5 Å². The number of benzene rings is 1. The van der Waals surface area contributed by atoms with E-state index < -0.39 is 0 Å². The number of nitrogens with zero attached hydrogens (tertiary/aromatic N) is 4. The van der Waals surface area contributed by atoms with Crippen molar-refractivity contribution >= 4 is 17.1 Å². The minimum absolute atomic E-state index is 0.233. The lowest BCUT2D eigenvalue weighted by Crippen LogP contribution is -2.29. The molecule has 1 fully saturated rings. The Morgan fingerprint density at radius 3 is 3.00 bits per heavy atom. The molecule has 1 aliphatic rings. The van der Waals surface area contributed by atoms with E-state index in [-0.39, 0.29) is 5.91 Å². The average Bonchev–Trinajstić information content (AvgIpc) is 3.32. The Morgan fingerprint density at radius 2 is 2.18 bits per heavy atom. The highest BCUT2D eigenvalue weighted by molar-refractivity contribution is 5.76. The number of hydrogen-bond donors (Lipinski definition) is 0. The molecule has 1 atom stereocenters. The van der Waals surface area contributed by atoms with Gasteiger partial charge in [-0.2, -0.15) is 0 Å². The molecule has 0 spiro atoms. The van der Waals surface area contributed by atoms with E-state index in [1.54, 1.807) is 13.3 Å². The number of rotatable bonds is 6. The van der Waals surface area contributed by atoms with Crippen LogP contribution in [0.5, 0.6) is 5.75 Å². The number of aryl methyl sites for hydroxylation is 2. The van der Waals surface area contributed by atoms with Crippen LogP contribution in [0.2, 0.25) is 0 Å². The van der Waals surface area contributed by atoms with Crippen molar-refractivity contribution in [3.05, 3.63) is 54.0 Å². The second kappa shape index (κ2) is 8.00. The van der Waals surface area contributed by atoms with E-state index >= 15 is 0 Å². The molecule has 0 radical (unpaired) electrons. The molecule has 1 aliphatic heterocycles. The number of carbonyl (C=O) groups is 1. The van der Waals surface area contributed by atoms with Crippen LogP contribution in [-0.2, 0) is 24.7 Å². The molecule has 0 aliphatic carbocycles. The Bertz CT molecular complexity index is 982. The molecule has 28 heavy (non-hydrogen) atoms. The first-order valence-corrected chi connectivity index (χ1v) is 9.81. The molecule has 2 aromatic heterocycles. The number of carbonyl (C=O) groups excluding carboxylic acids is 1. The minimum Gasteiger partial charge on any atom is -0.497 e. The summed E-state index contributed by atoms with van der Waals surface area (Å²) in [6.07, 6.45) is 4.99. The third-order valence-electron chi connectivity index (χ3n) is 5.59. The third kappa shape index (κ3) is 3.86. The summed E-state index contributed by atoms with van der Waals surface area (Å²) in [6, 6.07) is 11.8. The highest BCUT2D eigenvalue weighted by atomic mass is 16.5. The maximum Gasteiger partial charge on any atom is 0.222 e. The highest BCUT2D eigenvalue weighted by Gasteiger charge is 2.27. The van der Waals surface area contributed by atoms with Crippen LogP contribution in [0.15, 0.2) is 42.6 Å². The smallest absolute Gasteiger partial charge is 0.222 e. The zero-order valence-electron chi connectivity index (χ0n) is 16.5. The van der Waals surface area contributed by atoms with E-state index in [1.165, 1.54) is 0 Å². The van der Waals surface area contributed by atoms with Gasteiger partial charge in [0, 0.05) is 39.2 Å². The van der Waals surface area contributed by atoms with Gasteiger partial charge in [0.15, 0.2) is 5.65 Å². The van der Waals surface area contributed by atoms with Crippen LogP contribution in [0.4, 0.5) is 0 Å². The molecule has 6 nitrogen and oxygen atoms in total. The molecule has 0 bridgehead atoms. The minimum atomic E-state index is 0.233. The first kappa shape index (κ1) is 18.5. The molecule has 0 saturated carbocycles. The Kier molecular flexibility index (Phi) is 5.28. The lowest BCUT2D eigenvalue weighted by molar-refractivity contribution is -0.130. The fourth-order valence-electron chi connectivity index (χ4n) is 3.97. The van der Waals surface area contributed by atoms with Crippen molar-refractivity contribution in [1.82, 2.24) is 19.4 Å². The van der Waals surface area contributed by atoms with E-state index in [1.807, 2.05) is 48.3 Å². The zero-order valence-corrected chi connectivity index (χ0v) is 16.5. The summed E-state index contributed by atoms with van der Waals surface area (Å²) in [5.41, 5.74) is 2.99. The van der Waals surface area contributed by atoms with Gasteiger partial charge in [-0.25, -0.2) is 9.97 Å². The zero-order chi connectivity index (χ0) is 19.5. The van der Waals surface area contributed by atoms with Gasteiger partial charge < -0.3 is 14.2 Å². The van der Waals surface area contributed by atoms with Crippen molar-refractivity contribution in [2.24, 2.45) is 13.0 Å². The second-order valence-corrected chi connectivity index (χ2v) is 7.48. The van der Waals surface area contributed by atoms with Gasteiger partial charge in [-0.3, -0.25) is 4.79 Å². The van der Waals surface area contributed by atoms with Crippen LogP contribution in [0.1, 0.15) is 24.2 Å². The fourth-order valence-corrected chi connectivity index (χ4v) is 3.97. The van der Waals surface area contributed by atoms with Crippen molar-refractivity contribution in [3.63, 3.8) is 0 Å². The second-order valence-electron chi connectivity index (χ2n) is 7.48. The maximum absolute atomic E-state index is 12.6. The summed E-state index contributed by atoms with van der Waals surface area (Å²) in [6.45, 7) is 1.65. The van der Waals surface area contributed by atoms with Gasteiger partial charge in [0.05, 0.1) is 7.11 Å². The van der Waals surface area contributed by atoms with Crippen LogP contribution >= 0.6 is 0 Å². The normalized spacial score (nSPS) is 16.6. The molecule has 1 aromatic carbocycles. The average molecular weight is 378 g/mol. The largest absolute Gasteiger partial charge is 0.497 e. The van der Waals surface area contributed by atoms with Gasteiger partial charge in [-0.15, -0.1) is 0 Å². The summed E-state index contributed by atoms with van der Waals surface area (Å²) in [7, 11) is 3.68. The van der Waals surface area contributed by atoms with E-state index in [9.17, 15) is 4.79 Å². The highest BCUT2D eigenvalue weighted by Crippen LogP contribution is 2.23. The lowest BCUT2D eigenvalue weighted by atomic mass is 10.0. The van der Waals surface area contributed by atoms with Crippen molar-refractivity contribution in [3.8, 4) is 5.75 Å². The van der Waals surface area contributed by atoms with E-state index in [0.29, 0.717) is 12.3 Å². The van der Waals surface area contributed by atoms with Gasteiger partial charge in [0.2, 0.25) is 5.91 Å². The molecule has 0 unspecified atom stereocenters. The summed E-state index contributed by atoms with van der Waals surface area (Å²) in [5.74, 6) is 2.57. The van der Waals surface area contributed by atoms with E-state index in [4.69, 9.17) is 9.72 Å². The molecule has 3 heterocycles. The van der Waals surface area contributed by atoms with E-state index in [0.717, 1.165) is 60.7 Å². The van der Waals surface area contributed by atoms with Crippen LogP contribution in [0.25, 0.3) is 11.2 Å². The third-order valence-corrected chi connectivity index (χ3v) is 5.59.